The van der Waals surface area contributed by atoms with Crippen molar-refractivity contribution in [2.75, 3.05) is 0 Å². The molecule has 0 bridgehead atoms. The van der Waals surface area contributed by atoms with E-state index < -0.39 is 6.16 Å². The smallest absolute Gasteiger partial charge is 0.449 e. The lowest BCUT2D eigenvalue weighted by molar-refractivity contribution is 0.144. The molecule has 5 nitrogen and oxygen atoms in total. The van der Waals surface area contributed by atoms with Crippen LogP contribution in [-0.4, -0.2) is 21.2 Å². The molecule has 0 amide bonds. The Morgan fingerprint density at radius 3 is 2.75 bits per heavy atom. The van der Waals surface area contributed by atoms with Crippen LogP contribution in [0.4, 0.5) is 4.79 Å². The second-order valence-corrected chi connectivity index (χ2v) is 4.39. The Morgan fingerprint density at radius 2 is 2.00 bits per heavy atom. The number of imidazole rings is 1. The highest BCUT2D eigenvalue weighted by atomic mass is 16.7. The summed E-state index contributed by atoms with van der Waals surface area (Å²) in [7, 11) is 0. The van der Waals surface area contributed by atoms with Crippen LogP contribution in [0.2, 0.25) is 0 Å². The van der Waals surface area contributed by atoms with Gasteiger partial charge >= 0.3 is 6.16 Å². The summed E-state index contributed by atoms with van der Waals surface area (Å²) >= 11 is 0. The third-order valence-electron chi connectivity index (χ3n) is 2.92. The van der Waals surface area contributed by atoms with E-state index in [9.17, 15) is 4.79 Å². The highest BCUT2D eigenvalue weighted by Gasteiger charge is 2.07. The Morgan fingerprint density at radius 1 is 1.20 bits per heavy atom. The Labute approximate surface area is 114 Å². The number of ether oxygens (including phenoxy) is 1. The van der Waals surface area contributed by atoms with E-state index in [1.807, 2.05) is 30.3 Å². The number of nitrogens with zero attached hydrogens (tertiary/aromatic N) is 1. The number of carboxylic acid groups (broad SMARTS) is 1. The predicted molar refractivity (Wildman–Crippen MR) is 74.0 cm³/mol. The molecule has 0 saturated carbocycles. The molecule has 0 spiro atoms. The second-order valence-electron chi connectivity index (χ2n) is 4.39. The van der Waals surface area contributed by atoms with E-state index in [4.69, 9.17) is 5.11 Å². The summed E-state index contributed by atoms with van der Waals surface area (Å²) in [4.78, 5) is 18.1. The largest absolute Gasteiger partial charge is 0.511 e. The standard InChI is InChI=1S/C15H12N2O3/c18-15(19)20-11-6-7-12-13(9-11)17-14(16-12)8-10-4-2-1-3-5-10/h1-7,9H,8H2,(H,16,17)(H,18,19). The van der Waals surface area contributed by atoms with Crippen LogP contribution < -0.4 is 4.74 Å². The number of hydrogen-bond acceptors (Lipinski definition) is 3. The maximum Gasteiger partial charge on any atom is 0.511 e. The van der Waals surface area contributed by atoms with Crippen molar-refractivity contribution < 1.29 is 14.6 Å². The van der Waals surface area contributed by atoms with Gasteiger partial charge in [0.25, 0.3) is 0 Å². The molecule has 0 radical (unpaired) electrons. The lowest BCUT2D eigenvalue weighted by Crippen LogP contribution is -2.02. The molecule has 2 aromatic carbocycles. The Balaban J connectivity index is 1.88. The third-order valence-corrected chi connectivity index (χ3v) is 2.92. The van der Waals surface area contributed by atoms with Crippen molar-refractivity contribution in [3.63, 3.8) is 0 Å². The molecule has 0 atom stereocenters. The van der Waals surface area contributed by atoms with Crippen molar-refractivity contribution in [2.24, 2.45) is 0 Å². The van der Waals surface area contributed by atoms with Crippen LogP contribution in [0.15, 0.2) is 48.5 Å². The lowest BCUT2D eigenvalue weighted by Gasteiger charge is -1.97. The zero-order valence-corrected chi connectivity index (χ0v) is 10.5. The number of rotatable bonds is 3. The van der Waals surface area contributed by atoms with E-state index in [2.05, 4.69) is 14.7 Å². The molecule has 0 fully saturated rings. The highest BCUT2D eigenvalue weighted by molar-refractivity contribution is 5.77. The molecular weight excluding hydrogens is 256 g/mol. The average molecular weight is 268 g/mol. The van der Waals surface area contributed by atoms with Gasteiger partial charge in [-0.15, -0.1) is 0 Å². The zero-order valence-electron chi connectivity index (χ0n) is 10.5. The molecule has 100 valence electrons. The molecule has 0 aliphatic heterocycles. The number of fused-ring (bicyclic) bond motifs is 1. The molecule has 0 unspecified atom stereocenters. The van der Waals surface area contributed by atoms with Gasteiger partial charge in [-0.25, -0.2) is 9.78 Å². The van der Waals surface area contributed by atoms with E-state index in [1.54, 1.807) is 18.2 Å². The number of H-pyrrole nitrogens is 1. The first-order valence-electron chi connectivity index (χ1n) is 6.14. The van der Waals surface area contributed by atoms with Crippen LogP contribution in [0.25, 0.3) is 11.0 Å². The van der Waals surface area contributed by atoms with Gasteiger partial charge in [0, 0.05) is 12.5 Å². The van der Waals surface area contributed by atoms with Gasteiger partial charge in [0.15, 0.2) is 0 Å². The summed E-state index contributed by atoms with van der Waals surface area (Å²) in [5.74, 6) is 1.11. The van der Waals surface area contributed by atoms with Gasteiger partial charge in [-0.3, -0.25) is 0 Å². The van der Waals surface area contributed by atoms with Crippen molar-refractivity contribution in [1.82, 2.24) is 9.97 Å². The molecule has 1 aromatic heterocycles. The SMILES string of the molecule is O=C(O)Oc1ccc2nc(Cc3ccccc3)[nH]c2c1. The van der Waals surface area contributed by atoms with Crippen LogP contribution in [0.5, 0.6) is 5.75 Å². The molecule has 0 aliphatic rings. The van der Waals surface area contributed by atoms with Crippen molar-refractivity contribution in [3.8, 4) is 5.75 Å². The fourth-order valence-electron chi connectivity index (χ4n) is 2.08. The normalized spacial score (nSPS) is 10.6. The molecule has 2 N–H and O–H groups in total. The monoisotopic (exact) mass is 268 g/mol. The van der Waals surface area contributed by atoms with Crippen LogP contribution >= 0.6 is 0 Å². The number of hydrogen-bond donors (Lipinski definition) is 2. The van der Waals surface area contributed by atoms with Gasteiger partial charge in [-0.1, -0.05) is 30.3 Å². The van der Waals surface area contributed by atoms with Gasteiger partial charge in [0.1, 0.15) is 11.6 Å². The van der Waals surface area contributed by atoms with E-state index in [-0.39, 0.29) is 5.75 Å². The highest BCUT2D eigenvalue weighted by Crippen LogP contribution is 2.20. The Kier molecular flexibility index (Phi) is 3.09. The molecule has 5 heteroatoms. The van der Waals surface area contributed by atoms with E-state index in [1.165, 1.54) is 0 Å². The van der Waals surface area contributed by atoms with Crippen LogP contribution in [0.3, 0.4) is 0 Å². The molecule has 1 heterocycles. The fourth-order valence-corrected chi connectivity index (χ4v) is 2.08. The topological polar surface area (TPSA) is 75.2 Å². The second kappa shape index (κ2) is 5.05. The molecule has 3 aromatic rings. The minimum Gasteiger partial charge on any atom is -0.449 e. The summed E-state index contributed by atoms with van der Waals surface area (Å²) in [6.07, 6.45) is -0.627. The first kappa shape index (κ1) is 12.2. The lowest BCUT2D eigenvalue weighted by atomic mass is 10.1. The molecule has 20 heavy (non-hydrogen) atoms. The number of nitrogens with one attached hydrogen (secondary N) is 1. The summed E-state index contributed by atoms with van der Waals surface area (Å²) in [6.45, 7) is 0. The van der Waals surface area contributed by atoms with Crippen molar-refractivity contribution in [2.45, 2.75) is 6.42 Å². The van der Waals surface area contributed by atoms with Crippen molar-refractivity contribution in [1.29, 1.82) is 0 Å². The van der Waals surface area contributed by atoms with Crippen LogP contribution in [0, 0.1) is 0 Å². The van der Waals surface area contributed by atoms with Gasteiger partial charge in [0.05, 0.1) is 11.0 Å². The summed E-state index contributed by atoms with van der Waals surface area (Å²) in [5.41, 5.74) is 2.71. The number of carbonyl (C=O) groups is 1. The van der Waals surface area contributed by atoms with Gasteiger partial charge in [0.2, 0.25) is 0 Å². The molecule has 3 rings (SSSR count). The number of aromatic nitrogens is 2. The number of aromatic amines is 1. The molecular formula is C15H12N2O3. The minimum absolute atomic E-state index is 0.278. The average Bonchev–Trinajstić information content (AvgIpc) is 2.80. The van der Waals surface area contributed by atoms with Crippen molar-refractivity contribution >= 4 is 17.2 Å². The first-order chi connectivity index (χ1) is 9.70. The quantitative estimate of drug-likeness (QED) is 0.565. The number of benzene rings is 2. The van der Waals surface area contributed by atoms with Crippen LogP contribution in [0.1, 0.15) is 11.4 Å². The minimum atomic E-state index is -1.33. The maximum absolute atomic E-state index is 10.5. The van der Waals surface area contributed by atoms with E-state index in [0.717, 1.165) is 22.4 Å². The Hall–Kier alpha value is -2.82. The summed E-state index contributed by atoms with van der Waals surface area (Å²) < 4.78 is 4.62. The van der Waals surface area contributed by atoms with Gasteiger partial charge in [-0.05, 0) is 17.7 Å². The van der Waals surface area contributed by atoms with Gasteiger partial charge in [-0.2, -0.15) is 0 Å². The Bertz CT molecular complexity index is 750. The maximum atomic E-state index is 10.5. The zero-order chi connectivity index (χ0) is 13.9. The molecule has 0 aliphatic carbocycles. The summed E-state index contributed by atoms with van der Waals surface area (Å²) in [5, 5.41) is 8.59. The molecule has 0 saturated heterocycles. The summed E-state index contributed by atoms with van der Waals surface area (Å²) in [6, 6.07) is 15.0. The van der Waals surface area contributed by atoms with Gasteiger partial charge < -0.3 is 14.8 Å². The van der Waals surface area contributed by atoms with E-state index >= 15 is 0 Å². The predicted octanol–water partition coefficient (Wildman–Crippen LogP) is 3.21. The fraction of sp³-hybridized carbons (Fsp3) is 0.0667. The van der Waals surface area contributed by atoms with Crippen LogP contribution in [-0.2, 0) is 6.42 Å². The third kappa shape index (κ3) is 2.61. The first-order valence-corrected chi connectivity index (χ1v) is 6.14. The van der Waals surface area contributed by atoms with E-state index in [0.29, 0.717) is 6.42 Å². The van der Waals surface area contributed by atoms with Crippen molar-refractivity contribution in [3.05, 3.63) is 59.9 Å².